The van der Waals surface area contributed by atoms with Gasteiger partial charge in [0.1, 0.15) is 22.5 Å². The number of furan rings is 1. The van der Waals surface area contributed by atoms with Gasteiger partial charge in [0.2, 0.25) is 0 Å². The average molecular weight is 450 g/mol. The summed E-state index contributed by atoms with van der Waals surface area (Å²) < 4.78 is 6.93. The van der Waals surface area contributed by atoms with E-state index in [9.17, 15) is 25.0 Å². The summed E-state index contributed by atoms with van der Waals surface area (Å²) in [5, 5.41) is 28.2. The van der Waals surface area contributed by atoms with Crippen LogP contribution in [0.4, 0.5) is 17.2 Å². The van der Waals surface area contributed by atoms with Crippen LogP contribution >= 0.6 is 15.9 Å². The lowest BCUT2D eigenvalue weighted by atomic mass is 10.2. The highest BCUT2D eigenvalue weighted by Crippen LogP contribution is 2.26. The third-order valence-electron chi connectivity index (χ3n) is 3.67. The quantitative estimate of drug-likeness (QED) is 0.445. The number of nitro benzene ring substituents is 1. The Kier molecular flexibility index (Phi) is 5.22. The van der Waals surface area contributed by atoms with E-state index in [1.165, 1.54) is 35.1 Å². The third kappa shape index (κ3) is 4.06. The fourth-order valence-corrected chi connectivity index (χ4v) is 2.88. The maximum Gasteiger partial charge on any atom is 0.404 e. The molecule has 0 saturated heterocycles. The van der Waals surface area contributed by atoms with Gasteiger partial charge in [0.15, 0.2) is 5.76 Å². The van der Waals surface area contributed by atoms with Gasteiger partial charge in [-0.25, -0.2) is 0 Å². The molecule has 12 heteroatoms. The zero-order valence-corrected chi connectivity index (χ0v) is 15.9. The number of halogens is 1. The molecule has 0 saturated carbocycles. The summed E-state index contributed by atoms with van der Waals surface area (Å²) in [6.45, 7) is 1.76. The molecule has 0 aliphatic carbocycles. The maximum absolute atomic E-state index is 12.3. The number of carbonyl (C=O) groups is 1. The summed E-state index contributed by atoms with van der Waals surface area (Å²) in [7, 11) is 0. The van der Waals surface area contributed by atoms with Crippen molar-refractivity contribution in [3.05, 3.63) is 78.3 Å². The lowest BCUT2D eigenvalue weighted by Gasteiger charge is -2.05. The zero-order valence-electron chi connectivity index (χ0n) is 14.3. The monoisotopic (exact) mass is 449 g/mol. The second-order valence-electron chi connectivity index (χ2n) is 5.75. The normalized spacial score (nSPS) is 10.6. The van der Waals surface area contributed by atoms with E-state index in [0.717, 1.165) is 0 Å². The van der Waals surface area contributed by atoms with Gasteiger partial charge >= 0.3 is 5.82 Å². The Bertz CT molecular complexity index is 1090. The Morgan fingerprint density at radius 3 is 2.64 bits per heavy atom. The molecule has 0 bridgehead atoms. The van der Waals surface area contributed by atoms with Crippen LogP contribution in [0.2, 0.25) is 0 Å². The highest BCUT2D eigenvalue weighted by molar-refractivity contribution is 9.10. The van der Waals surface area contributed by atoms with Crippen LogP contribution in [0.3, 0.4) is 0 Å². The van der Waals surface area contributed by atoms with Gasteiger partial charge in [0.05, 0.1) is 16.2 Å². The summed E-state index contributed by atoms with van der Waals surface area (Å²) in [5.41, 5.74) is 0.503. The van der Waals surface area contributed by atoms with Crippen molar-refractivity contribution in [1.82, 2.24) is 9.78 Å². The first kappa shape index (κ1) is 19.2. The van der Waals surface area contributed by atoms with Gasteiger partial charge in [-0.15, -0.1) is 0 Å². The molecule has 1 N–H and O–H groups in total. The van der Waals surface area contributed by atoms with Gasteiger partial charge in [-0.05, 0) is 51.5 Å². The lowest BCUT2D eigenvalue weighted by molar-refractivity contribution is -0.390. The number of nitro groups is 2. The molecule has 11 nitrogen and oxygen atoms in total. The van der Waals surface area contributed by atoms with E-state index >= 15 is 0 Å². The number of aryl methyl sites for hydroxylation is 1. The Morgan fingerprint density at radius 1 is 1.25 bits per heavy atom. The maximum atomic E-state index is 12.3. The van der Waals surface area contributed by atoms with Crippen LogP contribution < -0.4 is 5.32 Å². The minimum Gasteiger partial charge on any atom is -0.454 e. The van der Waals surface area contributed by atoms with E-state index in [2.05, 4.69) is 26.3 Å². The van der Waals surface area contributed by atoms with Crippen molar-refractivity contribution >= 4 is 39.0 Å². The molecule has 0 spiro atoms. The fourth-order valence-electron chi connectivity index (χ4n) is 2.42. The number of rotatable bonds is 6. The number of hydrogen-bond donors (Lipinski definition) is 1. The Hall–Kier alpha value is -3.54. The van der Waals surface area contributed by atoms with Crippen molar-refractivity contribution in [2.24, 2.45) is 0 Å². The minimum absolute atomic E-state index is 0.0465. The molecule has 1 amide bonds. The third-order valence-corrected chi connectivity index (χ3v) is 4.23. The molecule has 0 fully saturated rings. The van der Waals surface area contributed by atoms with Crippen LogP contribution in [0, 0.1) is 27.2 Å². The van der Waals surface area contributed by atoms with E-state index in [0.29, 0.717) is 11.3 Å². The van der Waals surface area contributed by atoms with E-state index in [1.54, 1.807) is 13.0 Å². The molecule has 0 atom stereocenters. The number of hydrogen-bond acceptors (Lipinski definition) is 7. The van der Waals surface area contributed by atoms with Crippen LogP contribution in [0.5, 0.6) is 0 Å². The van der Waals surface area contributed by atoms with Crippen molar-refractivity contribution in [3.63, 3.8) is 0 Å². The highest BCUT2D eigenvalue weighted by Gasteiger charge is 2.21. The van der Waals surface area contributed by atoms with Crippen LogP contribution in [-0.4, -0.2) is 25.5 Å². The van der Waals surface area contributed by atoms with Crippen molar-refractivity contribution < 1.29 is 19.1 Å². The van der Waals surface area contributed by atoms with Crippen LogP contribution in [-0.2, 0) is 6.54 Å². The van der Waals surface area contributed by atoms with Gasteiger partial charge in [-0.3, -0.25) is 14.9 Å². The summed E-state index contributed by atoms with van der Waals surface area (Å²) >= 11 is 3.05. The van der Waals surface area contributed by atoms with Crippen LogP contribution in [0.25, 0.3) is 0 Å². The first-order chi connectivity index (χ1) is 13.2. The van der Waals surface area contributed by atoms with Gasteiger partial charge in [-0.1, -0.05) is 6.07 Å². The van der Waals surface area contributed by atoms with Crippen molar-refractivity contribution in [1.29, 1.82) is 0 Å². The molecule has 28 heavy (non-hydrogen) atoms. The number of carbonyl (C=O) groups excluding carboxylic acids is 1. The van der Waals surface area contributed by atoms with E-state index in [-0.39, 0.29) is 34.0 Å². The van der Waals surface area contributed by atoms with E-state index in [1.807, 2.05) is 0 Å². The van der Waals surface area contributed by atoms with Gasteiger partial charge < -0.3 is 19.8 Å². The highest BCUT2D eigenvalue weighted by atomic mass is 79.9. The Labute approximate surface area is 165 Å². The van der Waals surface area contributed by atoms with Crippen LogP contribution in [0.1, 0.15) is 21.9 Å². The minimum atomic E-state index is -0.661. The molecule has 1 aromatic carbocycles. The molecule has 0 aliphatic rings. The predicted molar refractivity (Wildman–Crippen MR) is 100 cm³/mol. The first-order valence-electron chi connectivity index (χ1n) is 7.77. The van der Waals surface area contributed by atoms with Gasteiger partial charge in [0.25, 0.3) is 11.6 Å². The largest absolute Gasteiger partial charge is 0.454 e. The molecule has 3 aromatic rings. The fraction of sp³-hybridized carbons (Fsp3) is 0.125. The summed E-state index contributed by atoms with van der Waals surface area (Å²) in [6, 6.07) is 7.34. The summed E-state index contributed by atoms with van der Waals surface area (Å²) in [4.78, 5) is 33.1. The topological polar surface area (TPSA) is 146 Å². The molecular weight excluding hydrogens is 438 g/mol. The van der Waals surface area contributed by atoms with Crippen LogP contribution in [0.15, 0.2) is 45.4 Å². The van der Waals surface area contributed by atoms with Crippen molar-refractivity contribution in [3.8, 4) is 0 Å². The number of anilines is 1. The SMILES string of the molecule is Cc1ccc(NC(=O)c2ccc(Cn3cc(Br)c([N+](=O)[O-])n3)o2)c([N+](=O)[O-])c1. The van der Waals surface area contributed by atoms with Gasteiger partial charge in [-0.2, -0.15) is 4.68 Å². The molecule has 2 heterocycles. The van der Waals surface area contributed by atoms with Crippen molar-refractivity contribution in [2.45, 2.75) is 13.5 Å². The standard InChI is InChI=1S/C16H12BrN5O6/c1-9-2-4-12(13(6-9)21(24)25)18-16(23)14-5-3-10(28-14)7-20-8-11(17)15(19-20)22(26)27/h2-6,8H,7H2,1H3,(H,18,23). The second kappa shape index (κ2) is 7.60. The number of nitrogens with zero attached hydrogens (tertiary/aromatic N) is 4. The van der Waals surface area contributed by atoms with E-state index in [4.69, 9.17) is 4.42 Å². The zero-order chi connectivity index (χ0) is 20.4. The molecule has 0 unspecified atom stereocenters. The molecular formula is C16H12BrN5O6. The Morgan fingerprint density at radius 2 is 2.00 bits per heavy atom. The molecule has 2 aromatic heterocycles. The first-order valence-corrected chi connectivity index (χ1v) is 8.56. The number of benzene rings is 1. The molecule has 0 radical (unpaired) electrons. The number of aromatic nitrogens is 2. The summed E-state index contributed by atoms with van der Waals surface area (Å²) in [5.74, 6) is -0.735. The Balaban J connectivity index is 1.75. The summed E-state index contributed by atoms with van der Waals surface area (Å²) in [6.07, 6.45) is 1.41. The van der Waals surface area contributed by atoms with Gasteiger partial charge in [0, 0.05) is 6.07 Å². The average Bonchev–Trinajstić information content (AvgIpc) is 3.23. The van der Waals surface area contributed by atoms with E-state index < -0.39 is 15.8 Å². The number of amides is 1. The smallest absolute Gasteiger partial charge is 0.404 e. The molecule has 0 aliphatic heterocycles. The van der Waals surface area contributed by atoms with Crippen molar-refractivity contribution in [2.75, 3.05) is 5.32 Å². The lowest BCUT2D eigenvalue weighted by Crippen LogP contribution is -2.12. The predicted octanol–water partition coefficient (Wildman–Crippen LogP) is 3.66. The second-order valence-corrected chi connectivity index (χ2v) is 6.61. The molecule has 3 rings (SSSR count). The number of nitrogens with one attached hydrogen (secondary N) is 1. The molecule has 144 valence electrons.